The number of amides is 1. The zero-order chi connectivity index (χ0) is 49.3. The monoisotopic (exact) mass is 935 g/mol. The summed E-state index contributed by atoms with van der Waals surface area (Å²) in [4.78, 5) is 43.4. The van der Waals surface area contributed by atoms with Crippen molar-refractivity contribution in [2.24, 2.45) is 28.8 Å². The molecule has 5 bridgehead atoms. The maximum absolute atomic E-state index is 14.6. The zero-order valence-corrected chi connectivity index (χ0v) is 41.0. The van der Waals surface area contributed by atoms with Gasteiger partial charge in [0, 0.05) is 80.8 Å². The summed E-state index contributed by atoms with van der Waals surface area (Å²) in [5.41, 5.74) is -0.293. The lowest BCUT2D eigenvalue weighted by atomic mass is 9.78. The van der Waals surface area contributed by atoms with Crippen molar-refractivity contribution < 1.29 is 58.9 Å². The number of anilines is 1. The summed E-state index contributed by atoms with van der Waals surface area (Å²) in [6.45, 7) is 18.7. The Morgan fingerprint density at radius 2 is 1.61 bits per heavy atom. The standard InChI is InChI=1S/C51H74N4O12/c1-11-12-13-14-15-16-22-54-23-18-24-55(26-25-54)52-28-36-41-46(61)39-38(45(36)60)40-48(34(7)44(39)59)67-51(9,49(40)62)65-27-21-37(64-10)31(4)47(66-35(8)56)33(6)43(58)32(5)42(57)29(2)19-17-20-30(3)50(63)53-41/h17,19-21,27-29,31-33,37,42-43,47,57-61H,11-16,18,22-26H2,1-10H3,(H,53,63). The number of hydrazone groups is 1. The fourth-order valence-electron chi connectivity index (χ4n) is 9.42. The van der Waals surface area contributed by atoms with Gasteiger partial charge in [0.15, 0.2) is 5.75 Å². The molecular formula is C51H74N4O12. The van der Waals surface area contributed by atoms with E-state index in [0.29, 0.717) is 13.1 Å². The number of aromatic hydroxyl groups is 3. The number of esters is 1. The van der Waals surface area contributed by atoms with Gasteiger partial charge in [0.05, 0.1) is 53.0 Å². The number of ketones is 1. The van der Waals surface area contributed by atoms with Gasteiger partial charge < -0.3 is 54.7 Å². The molecule has 370 valence electrons. The van der Waals surface area contributed by atoms with Gasteiger partial charge in [0.1, 0.15) is 23.4 Å². The number of rotatable bonds is 11. The quantitative estimate of drug-likeness (QED) is 0.0424. The van der Waals surface area contributed by atoms with Crippen LogP contribution in [0, 0.1) is 30.6 Å². The van der Waals surface area contributed by atoms with Crippen LogP contribution < -0.4 is 10.1 Å². The van der Waals surface area contributed by atoms with E-state index in [0.717, 1.165) is 32.5 Å². The second kappa shape index (κ2) is 23.2. The molecular weight excluding hydrogens is 861 g/mol. The highest BCUT2D eigenvalue weighted by Crippen LogP contribution is 2.55. The van der Waals surface area contributed by atoms with E-state index in [9.17, 15) is 39.9 Å². The number of allylic oxidation sites excluding steroid dienone is 2. The summed E-state index contributed by atoms with van der Waals surface area (Å²) < 4.78 is 23.8. The molecule has 16 heteroatoms. The highest BCUT2D eigenvalue weighted by molar-refractivity contribution is 6.23. The third-order valence-corrected chi connectivity index (χ3v) is 13.8. The van der Waals surface area contributed by atoms with Crippen LogP contribution in [0.15, 0.2) is 41.2 Å². The number of Topliss-reactive ketones (excluding diaryl/α,β-unsaturated/α-hetero) is 1. The first kappa shape index (κ1) is 52.8. The number of unbranched alkanes of at least 4 members (excludes halogenated alkanes) is 5. The maximum Gasteiger partial charge on any atom is 0.312 e. The van der Waals surface area contributed by atoms with E-state index in [2.05, 4.69) is 17.1 Å². The molecule has 9 unspecified atom stereocenters. The average molecular weight is 935 g/mol. The molecule has 6 rings (SSSR count). The van der Waals surface area contributed by atoms with Crippen LogP contribution in [-0.4, -0.2) is 129 Å². The van der Waals surface area contributed by atoms with E-state index in [1.807, 2.05) is 5.01 Å². The lowest BCUT2D eigenvalue weighted by Crippen LogP contribution is -2.46. The molecule has 67 heavy (non-hydrogen) atoms. The Kier molecular flexibility index (Phi) is 18.3. The largest absolute Gasteiger partial charge is 0.507 e. The van der Waals surface area contributed by atoms with Gasteiger partial charge in [-0.25, -0.2) is 0 Å². The number of carbonyl (C=O) groups is 3. The van der Waals surface area contributed by atoms with Crippen molar-refractivity contribution in [3.8, 4) is 23.0 Å². The predicted molar refractivity (Wildman–Crippen MR) is 257 cm³/mol. The summed E-state index contributed by atoms with van der Waals surface area (Å²) in [5.74, 6) is -8.30. The molecule has 1 fully saturated rings. The minimum atomic E-state index is -2.05. The summed E-state index contributed by atoms with van der Waals surface area (Å²) in [6.07, 6.45) is 13.1. The van der Waals surface area contributed by atoms with E-state index < -0.39 is 88.8 Å². The molecule has 2 aromatic rings. The molecule has 0 saturated carbocycles. The first-order valence-corrected chi connectivity index (χ1v) is 23.9. The van der Waals surface area contributed by atoms with Crippen LogP contribution in [0.4, 0.5) is 5.69 Å². The number of nitrogens with zero attached hydrogens (tertiary/aromatic N) is 3. The van der Waals surface area contributed by atoms with Gasteiger partial charge >= 0.3 is 11.8 Å². The van der Waals surface area contributed by atoms with Crippen LogP contribution >= 0.6 is 0 Å². The number of fused-ring (bicyclic) bond motifs is 14. The smallest absolute Gasteiger partial charge is 0.312 e. The Morgan fingerprint density at radius 3 is 2.30 bits per heavy atom. The molecule has 0 radical (unpaired) electrons. The molecule has 0 spiro atoms. The molecule has 4 aliphatic rings. The third kappa shape index (κ3) is 11.9. The Labute approximate surface area is 395 Å². The van der Waals surface area contributed by atoms with E-state index in [-0.39, 0.29) is 44.5 Å². The number of phenols is 3. The van der Waals surface area contributed by atoms with Gasteiger partial charge in [-0.1, -0.05) is 85.0 Å². The number of methoxy groups -OCH3 is 1. The van der Waals surface area contributed by atoms with Crippen molar-refractivity contribution in [2.75, 3.05) is 45.2 Å². The number of aliphatic hydroxyl groups is 2. The minimum Gasteiger partial charge on any atom is -0.507 e. The fraction of sp³-hybridized carbons (Fsp3) is 0.608. The molecule has 16 nitrogen and oxygen atoms in total. The van der Waals surface area contributed by atoms with Crippen molar-refractivity contribution in [1.82, 2.24) is 9.91 Å². The normalized spacial score (nSPS) is 28.1. The van der Waals surface area contributed by atoms with Crippen LogP contribution in [0.3, 0.4) is 0 Å². The zero-order valence-electron chi connectivity index (χ0n) is 41.0. The second-order valence-corrected chi connectivity index (χ2v) is 18.8. The number of phenolic OH excluding ortho intramolecular Hbond substituents is 3. The van der Waals surface area contributed by atoms with Gasteiger partial charge in [-0.05, 0) is 45.9 Å². The molecule has 0 aromatic heterocycles. The fourth-order valence-corrected chi connectivity index (χ4v) is 9.42. The number of nitrogens with one attached hydrogen (secondary N) is 1. The number of carbonyl (C=O) groups excluding carboxylic acids is 3. The summed E-state index contributed by atoms with van der Waals surface area (Å²) in [7, 11) is 1.45. The lowest BCUT2D eigenvalue weighted by Gasteiger charge is -2.38. The highest BCUT2D eigenvalue weighted by Gasteiger charge is 2.50. The van der Waals surface area contributed by atoms with Crippen LogP contribution in [0.1, 0.15) is 122 Å². The Hall–Kier alpha value is -5.16. The van der Waals surface area contributed by atoms with Gasteiger partial charge in [-0.15, -0.1) is 0 Å². The van der Waals surface area contributed by atoms with Gasteiger partial charge in [-0.2, -0.15) is 5.10 Å². The van der Waals surface area contributed by atoms with Crippen LogP contribution in [0.5, 0.6) is 23.0 Å². The number of hydrogen-bond donors (Lipinski definition) is 6. The van der Waals surface area contributed by atoms with Gasteiger partial charge in [-0.3, -0.25) is 19.4 Å². The van der Waals surface area contributed by atoms with Crippen LogP contribution in [0.2, 0.25) is 0 Å². The predicted octanol–water partition coefficient (Wildman–Crippen LogP) is 7.46. The molecule has 4 heterocycles. The van der Waals surface area contributed by atoms with Crippen molar-refractivity contribution in [3.05, 3.63) is 52.8 Å². The number of benzene rings is 2. The molecule has 1 saturated heterocycles. The van der Waals surface area contributed by atoms with Crippen LogP contribution in [-0.2, 0) is 23.8 Å². The summed E-state index contributed by atoms with van der Waals surface area (Å²) in [5, 5.41) is 67.9. The average Bonchev–Trinajstić information content (AvgIpc) is 3.40. The molecule has 4 aliphatic heterocycles. The lowest BCUT2D eigenvalue weighted by molar-refractivity contribution is -0.160. The first-order chi connectivity index (χ1) is 31.8. The van der Waals surface area contributed by atoms with E-state index in [4.69, 9.17) is 24.0 Å². The first-order valence-electron chi connectivity index (χ1n) is 23.9. The van der Waals surface area contributed by atoms with Crippen molar-refractivity contribution in [3.63, 3.8) is 0 Å². The van der Waals surface area contributed by atoms with E-state index >= 15 is 0 Å². The maximum atomic E-state index is 14.6. The summed E-state index contributed by atoms with van der Waals surface area (Å²) in [6, 6.07) is 0. The van der Waals surface area contributed by atoms with E-state index in [1.54, 1.807) is 46.8 Å². The van der Waals surface area contributed by atoms with Crippen LogP contribution in [0.25, 0.3) is 10.8 Å². The Morgan fingerprint density at radius 1 is 0.910 bits per heavy atom. The van der Waals surface area contributed by atoms with E-state index in [1.165, 1.54) is 84.6 Å². The molecule has 9 atom stereocenters. The minimum absolute atomic E-state index is 0.0630. The summed E-state index contributed by atoms with van der Waals surface area (Å²) >= 11 is 0. The molecule has 0 aliphatic carbocycles. The number of aliphatic hydroxyl groups excluding tert-OH is 2. The van der Waals surface area contributed by atoms with Gasteiger partial charge in [0.25, 0.3) is 11.7 Å². The SMILES string of the molecule is CCCCCCCCN1CCCN(N=Cc2c3c(O)c4c(O)c(C)c5c(c4c2O)C(=O)C(C)(OC=CC(OC)C(C)C(OC(C)=O)C(C)C(O)C(C)C(O)C(C)C=CC=C(C)C(=O)N3)O5)CC1. The number of ether oxygens (including phenoxy) is 4. The molecule has 6 N–H and O–H groups in total. The van der Waals surface area contributed by atoms with Gasteiger partial charge in [0.2, 0.25) is 0 Å². The number of hydrogen-bond acceptors (Lipinski definition) is 15. The van der Waals surface area contributed by atoms with Crippen molar-refractivity contribution in [2.45, 2.75) is 137 Å². The van der Waals surface area contributed by atoms with Crippen molar-refractivity contribution >= 4 is 40.3 Å². The topological polar surface area (TPSA) is 220 Å². The Bertz CT molecular complexity index is 2220. The second-order valence-electron chi connectivity index (χ2n) is 18.8. The Balaban J connectivity index is 1.61. The molecule has 2 aromatic carbocycles. The van der Waals surface area contributed by atoms with Crippen molar-refractivity contribution in [1.29, 1.82) is 0 Å². The highest BCUT2D eigenvalue weighted by atomic mass is 16.7. The third-order valence-electron chi connectivity index (χ3n) is 13.8. The molecule has 1 amide bonds.